The Kier molecular flexibility index (Phi) is 8.15. The smallest absolute Gasteiger partial charge is 0.428 e. The number of sulfonamides is 1. The van der Waals surface area contributed by atoms with Gasteiger partial charge in [0.2, 0.25) is 10.0 Å². The van der Waals surface area contributed by atoms with Crippen LogP contribution in [0, 0.1) is 12.8 Å². The summed E-state index contributed by atoms with van der Waals surface area (Å²) in [6.45, 7) is 6.88. The third kappa shape index (κ3) is 5.57. The molecule has 11 heteroatoms. The van der Waals surface area contributed by atoms with Crippen molar-refractivity contribution in [1.82, 2.24) is 4.31 Å². The van der Waals surface area contributed by atoms with Gasteiger partial charge in [-0.1, -0.05) is 13.8 Å². The third-order valence-corrected chi connectivity index (χ3v) is 7.41. The molecule has 1 atom stereocenters. The lowest BCUT2D eigenvalue weighted by Gasteiger charge is -2.24. The van der Waals surface area contributed by atoms with Crippen LogP contribution in [-0.4, -0.2) is 49.8 Å². The summed E-state index contributed by atoms with van der Waals surface area (Å²) in [7, 11) is -1.36. The van der Waals surface area contributed by atoms with Gasteiger partial charge in [-0.25, -0.2) is 22.3 Å². The van der Waals surface area contributed by atoms with Gasteiger partial charge in [0.1, 0.15) is 23.7 Å². The number of cyclic esters (lactones) is 1. The number of carbonyl (C=O) groups excluding carboxylic acids is 2. The minimum atomic E-state index is -3.84. The Morgan fingerprint density at radius 1 is 1.25 bits per heavy atom. The molecule has 0 radical (unpaired) electrons. The Labute approximate surface area is 210 Å². The van der Waals surface area contributed by atoms with Crippen molar-refractivity contribution in [3.63, 3.8) is 0 Å². The molecule has 0 bridgehead atoms. The van der Waals surface area contributed by atoms with Crippen molar-refractivity contribution in [2.45, 2.75) is 46.8 Å². The van der Waals surface area contributed by atoms with Crippen molar-refractivity contribution in [2.24, 2.45) is 5.92 Å². The quantitative estimate of drug-likeness (QED) is 0.529. The maximum absolute atomic E-state index is 13.0. The van der Waals surface area contributed by atoms with Gasteiger partial charge in [-0.05, 0) is 56.0 Å². The van der Waals surface area contributed by atoms with Crippen molar-refractivity contribution in [3.8, 4) is 23.0 Å². The van der Waals surface area contributed by atoms with Crippen LogP contribution in [-0.2, 0) is 21.4 Å². The molecule has 1 aliphatic rings. The Morgan fingerprint density at radius 3 is 2.56 bits per heavy atom. The van der Waals surface area contributed by atoms with Crippen molar-refractivity contribution in [2.75, 3.05) is 19.9 Å². The number of fused-ring (bicyclic) bond motifs is 2. The van der Waals surface area contributed by atoms with Crippen LogP contribution in [0.25, 0.3) is 0 Å². The van der Waals surface area contributed by atoms with Crippen LogP contribution >= 0.6 is 0 Å². The number of hydrogen-bond acceptors (Lipinski definition) is 9. The number of hydrogen-bond donors (Lipinski definition) is 1. The molecular formula is C25H31NO9S. The second-order valence-electron chi connectivity index (χ2n) is 8.87. The summed E-state index contributed by atoms with van der Waals surface area (Å²) >= 11 is 0. The van der Waals surface area contributed by atoms with Crippen LogP contribution in [0.4, 0.5) is 4.79 Å². The van der Waals surface area contributed by atoms with E-state index in [1.807, 2.05) is 13.8 Å². The van der Waals surface area contributed by atoms with Crippen LogP contribution in [0.5, 0.6) is 23.0 Å². The molecule has 0 aromatic heterocycles. The molecule has 1 amide bonds. The van der Waals surface area contributed by atoms with E-state index in [9.17, 15) is 23.1 Å². The second kappa shape index (κ2) is 10.8. The van der Waals surface area contributed by atoms with Crippen molar-refractivity contribution in [1.29, 1.82) is 0 Å². The summed E-state index contributed by atoms with van der Waals surface area (Å²) in [5.41, 5.74) is 1.48. The number of amides is 1. The first-order chi connectivity index (χ1) is 16.9. The van der Waals surface area contributed by atoms with Crippen LogP contribution in [0.1, 0.15) is 60.3 Å². The molecule has 0 spiro atoms. The first kappa shape index (κ1) is 27.3. The second-order valence-corrected chi connectivity index (χ2v) is 11.2. The lowest BCUT2D eigenvalue weighted by atomic mass is 9.96. The number of aryl methyl sites for hydroxylation is 1. The summed E-state index contributed by atoms with van der Waals surface area (Å²) in [5.74, 6) is -0.573. The maximum atomic E-state index is 13.0. The van der Waals surface area contributed by atoms with Gasteiger partial charge in [0.25, 0.3) is 0 Å². The molecule has 3 rings (SSSR count). The van der Waals surface area contributed by atoms with Gasteiger partial charge in [-0.15, -0.1) is 0 Å². The minimum absolute atomic E-state index is 0.0213. The first-order valence-corrected chi connectivity index (χ1v) is 13.1. The zero-order chi connectivity index (χ0) is 26.8. The Balaban J connectivity index is 2.10. The van der Waals surface area contributed by atoms with E-state index < -0.39 is 28.2 Å². The van der Waals surface area contributed by atoms with Crippen molar-refractivity contribution < 1.29 is 42.1 Å². The number of methoxy groups -OCH3 is 1. The average Bonchev–Trinajstić information content (AvgIpc) is 2.81. The Bertz CT molecular complexity index is 1270. The van der Waals surface area contributed by atoms with E-state index >= 15 is 0 Å². The topological polar surface area (TPSA) is 129 Å². The molecule has 0 fully saturated rings. The number of aliphatic hydroxyl groups excluding tert-OH is 1. The molecule has 36 heavy (non-hydrogen) atoms. The van der Waals surface area contributed by atoms with Crippen LogP contribution in [0.15, 0.2) is 24.3 Å². The monoisotopic (exact) mass is 521 g/mol. The zero-order valence-corrected chi connectivity index (χ0v) is 22.0. The fourth-order valence-electron chi connectivity index (χ4n) is 3.82. The summed E-state index contributed by atoms with van der Waals surface area (Å²) in [4.78, 5) is 25.6. The molecule has 2 aromatic rings. The van der Waals surface area contributed by atoms with Gasteiger partial charge in [-0.3, -0.25) is 0 Å². The fourth-order valence-corrected chi connectivity index (χ4v) is 4.47. The molecule has 2 aromatic carbocycles. The van der Waals surface area contributed by atoms with Crippen LogP contribution in [0.2, 0.25) is 0 Å². The lowest BCUT2D eigenvalue weighted by molar-refractivity contribution is 0.0453. The number of esters is 1. The highest BCUT2D eigenvalue weighted by Gasteiger charge is 2.31. The van der Waals surface area contributed by atoms with E-state index in [2.05, 4.69) is 0 Å². The highest BCUT2D eigenvalue weighted by molar-refractivity contribution is 7.89. The fraction of sp³-hybridized carbons (Fsp3) is 0.440. The number of carbonyl (C=O) groups is 2. The molecule has 196 valence electrons. The molecule has 0 unspecified atom stereocenters. The molecular weight excluding hydrogens is 490 g/mol. The van der Waals surface area contributed by atoms with E-state index in [0.717, 1.165) is 7.05 Å². The maximum Gasteiger partial charge on any atom is 0.428 e. The molecule has 1 heterocycles. The number of ether oxygens (including phenoxy) is 4. The number of rotatable bonds is 7. The van der Waals surface area contributed by atoms with Crippen molar-refractivity contribution >= 4 is 22.1 Å². The normalized spacial score (nSPS) is 13.9. The Hall–Kier alpha value is -3.31. The minimum Gasteiger partial charge on any atom is -0.495 e. The van der Waals surface area contributed by atoms with Gasteiger partial charge in [0, 0.05) is 18.2 Å². The van der Waals surface area contributed by atoms with Gasteiger partial charge in [0.15, 0.2) is 11.5 Å². The molecule has 1 aliphatic heterocycles. The van der Waals surface area contributed by atoms with E-state index in [1.54, 1.807) is 19.1 Å². The third-order valence-electron chi connectivity index (χ3n) is 5.70. The van der Waals surface area contributed by atoms with Gasteiger partial charge < -0.3 is 24.1 Å². The first-order valence-electron chi connectivity index (χ1n) is 11.4. The highest BCUT2D eigenvalue weighted by atomic mass is 32.2. The molecule has 0 saturated carbocycles. The standard InChI is InChI=1S/C25H31NO9S/c1-7-36(30,31)26(5)25(29)35-20-12-15(4)11-16-13-33-24(28)21-19(34-22(16)20)9-8-17(23(21)32-6)18(27)10-14(2)3/h8-9,11-12,14,18,27H,7,10,13H2,1-6H3/t18-/m0/s1. The number of benzene rings is 2. The summed E-state index contributed by atoms with van der Waals surface area (Å²) in [6, 6.07) is 6.33. The van der Waals surface area contributed by atoms with Crippen molar-refractivity contribution in [3.05, 3.63) is 46.5 Å². The zero-order valence-electron chi connectivity index (χ0n) is 21.2. The largest absolute Gasteiger partial charge is 0.495 e. The van der Waals surface area contributed by atoms with E-state index in [0.29, 0.717) is 27.4 Å². The summed E-state index contributed by atoms with van der Waals surface area (Å²) in [5, 5.41) is 10.7. The number of nitrogens with zero attached hydrogens (tertiary/aromatic N) is 1. The average molecular weight is 522 g/mol. The van der Waals surface area contributed by atoms with Crippen LogP contribution < -0.4 is 14.2 Å². The summed E-state index contributed by atoms with van der Waals surface area (Å²) in [6.07, 6.45) is -1.55. The predicted molar refractivity (Wildman–Crippen MR) is 131 cm³/mol. The summed E-state index contributed by atoms with van der Waals surface area (Å²) < 4.78 is 47.2. The van der Waals surface area contributed by atoms with Gasteiger partial charge in [0.05, 0.1) is 19.0 Å². The SMILES string of the molecule is CCS(=O)(=O)N(C)C(=O)Oc1cc(C)cc2c1Oc1ccc([C@@H](O)CC(C)C)c(OC)c1C(=O)OC2. The van der Waals surface area contributed by atoms with Crippen LogP contribution in [0.3, 0.4) is 0 Å². The Morgan fingerprint density at radius 2 is 1.94 bits per heavy atom. The van der Waals surface area contributed by atoms with Gasteiger partial charge >= 0.3 is 12.1 Å². The predicted octanol–water partition coefficient (Wildman–Crippen LogP) is 4.33. The molecule has 1 N–H and O–H groups in total. The van der Waals surface area contributed by atoms with E-state index in [-0.39, 0.29) is 46.8 Å². The molecule has 0 aliphatic carbocycles. The van der Waals surface area contributed by atoms with Gasteiger partial charge in [-0.2, -0.15) is 0 Å². The number of aliphatic hydroxyl groups is 1. The lowest BCUT2D eigenvalue weighted by Crippen LogP contribution is -2.36. The molecule has 0 saturated heterocycles. The van der Waals surface area contributed by atoms with E-state index in [4.69, 9.17) is 18.9 Å². The highest BCUT2D eigenvalue weighted by Crippen LogP contribution is 2.44. The molecule has 10 nitrogen and oxygen atoms in total. The van der Waals surface area contributed by atoms with E-state index in [1.165, 1.54) is 26.2 Å².